The highest BCUT2D eigenvalue weighted by molar-refractivity contribution is 6.29. The molecular formula is C17H17ClN4O4. The van der Waals surface area contributed by atoms with E-state index in [9.17, 15) is 14.4 Å². The van der Waals surface area contributed by atoms with Crippen LogP contribution in [0.15, 0.2) is 39.9 Å². The summed E-state index contributed by atoms with van der Waals surface area (Å²) in [6.45, 7) is 0.0526. The Kier molecular flexibility index (Phi) is 4.94. The van der Waals surface area contributed by atoms with Gasteiger partial charge < -0.3 is 9.30 Å². The Bertz CT molecular complexity index is 1080. The number of nitrogens with zero attached hydrogens (tertiary/aromatic N) is 4. The topological polar surface area (TPSA) is 88.1 Å². The third kappa shape index (κ3) is 3.15. The van der Waals surface area contributed by atoms with Gasteiger partial charge in [-0.1, -0.05) is 30.3 Å². The number of hydrogen-bond donors (Lipinski definition) is 0. The highest BCUT2D eigenvalue weighted by Gasteiger charge is 2.21. The van der Waals surface area contributed by atoms with Crippen molar-refractivity contribution in [1.82, 2.24) is 18.7 Å². The van der Waals surface area contributed by atoms with Gasteiger partial charge in [-0.25, -0.2) is 4.79 Å². The van der Waals surface area contributed by atoms with Crippen LogP contribution in [0, 0.1) is 0 Å². The van der Waals surface area contributed by atoms with Gasteiger partial charge in [-0.2, -0.15) is 4.98 Å². The number of halogens is 1. The van der Waals surface area contributed by atoms with Crippen LogP contribution in [0.4, 0.5) is 0 Å². The van der Waals surface area contributed by atoms with E-state index >= 15 is 0 Å². The summed E-state index contributed by atoms with van der Waals surface area (Å²) in [4.78, 5) is 40.8. The Morgan fingerprint density at radius 3 is 2.54 bits per heavy atom. The molecule has 0 unspecified atom stereocenters. The smallest absolute Gasteiger partial charge is 0.333 e. The van der Waals surface area contributed by atoms with Crippen molar-refractivity contribution in [3.63, 3.8) is 0 Å². The third-order valence-corrected chi connectivity index (χ3v) is 4.45. The molecule has 0 radical (unpaired) electrons. The zero-order valence-corrected chi connectivity index (χ0v) is 15.1. The van der Waals surface area contributed by atoms with Gasteiger partial charge in [0.05, 0.1) is 7.11 Å². The Morgan fingerprint density at radius 2 is 1.88 bits per heavy atom. The summed E-state index contributed by atoms with van der Waals surface area (Å²) in [6, 6.07) is 9.72. The van der Waals surface area contributed by atoms with Crippen LogP contribution < -0.4 is 11.2 Å². The number of rotatable bonds is 5. The molecule has 0 N–H and O–H groups in total. The minimum Gasteiger partial charge on any atom is -0.468 e. The second kappa shape index (κ2) is 7.17. The molecule has 0 amide bonds. The molecule has 0 aliphatic rings. The first-order chi connectivity index (χ1) is 12.4. The first kappa shape index (κ1) is 17.9. The fourth-order valence-corrected chi connectivity index (χ4v) is 3.01. The fourth-order valence-electron chi connectivity index (χ4n) is 2.76. The standard InChI is InChI=1S/C17H17ClN4O4/c1-20-15(24)13-14(22(17(20)25)10-12(23)26-2)19-16(18)21(13)9-8-11-6-4-3-5-7-11/h3-7H,8-10H2,1-2H3. The molecule has 0 aliphatic heterocycles. The fraction of sp³-hybridized carbons (Fsp3) is 0.294. The van der Waals surface area contributed by atoms with Crippen LogP contribution in [-0.2, 0) is 36.1 Å². The van der Waals surface area contributed by atoms with E-state index in [2.05, 4.69) is 9.72 Å². The maximum absolute atomic E-state index is 12.6. The maximum atomic E-state index is 12.6. The first-order valence-electron chi connectivity index (χ1n) is 7.90. The van der Waals surface area contributed by atoms with Gasteiger partial charge >= 0.3 is 11.7 Å². The van der Waals surface area contributed by atoms with Gasteiger partial charge in [0, 0.05) is 13.6 Å². The van der Waals surface area contributed by atoms with Crippen LogP contribution in [0.3, 0.4) is 0 Å². The van der Waals surface area contributed by atoms with Crippen molar-refractivity contribution in [2.45, 2.75) is 19.5 Å². The number of carbonyl (C=O) groups excluding carboxylic acids is 1. The normalized spacial score (nSPS) is 11.0. The summed E-state index contributed by atoms with van der Waals surface area (Å²) < 4.78 is 8.20. The van der Waals surface area contributed by atoms with E-state index in [1.165, 1.54) is 14.2 Å². The van der Waals surface area contributed by atoms with Crippen LogP contribution in [-0.4, -0.2) is 31.8 Å². The second-order valence-electron chi connectivity index (χ2n) is 5.75. The third-order valence-electron chi connectivity index (χ3n) is 4.17. The lowest BCUT2D eigenvalue weighted by atomic mass is 10.1. The summed E-state index contributed by atoms with van der Waals surface area (Å²) >= 11 is 6.23. The van der Waals surface area contributed by atoms with Crippen LogP contribution >= 0.6 is 11.6 Å². The highest BCUT2D eigenvalue weighted by atomic mass is 35.5. The molecule has 2 heterocycles. The molecule has 9 heteroatoms. The number of hydrogen-bond acceptors (Lipinski definition) is 5. The molecule has 3 rings (SSSR count). The van der Waals surface area contributed by atoms with Crippen molar-refractivity contribution in [1.29, 1.82) is 0 Å². The van der Waals surface area contributed by atoms with Gasteiger partial charge in [0.2, 0.25) is 5.28 Å². The minimum atomic E-state index is -0.655. The van der Waals surface area contributed by atoms with Crippen LogP contribution in [0.25, 0.3) is 11.2 Å². The number of aromatic nitrogens is 4. The molecule has 3 aromatic rings. The number of aryl methyl sites for hydroxylation is 2. The van der Waals surface area contributed by atoms with Gasteiger partial charge in [0.1, 0.15) is 6.54 Å². The van der Waals surface area contributed by atoms with Gasteiger partial charge in [-0.05, 0) is 23.6 Å². The summed E-state index contributed by atoms with van der Waals surface area (Å²) in [6.07, 6.45) is 0.630. The van der Waals surface area contributed by atoms with Crippen LogP contribution in [0.5, 0.6) is 0 Å². The first-order valence-corrected chi connectivity index (χ1v) is 8.28. The highest BCUT2D eigenvalue weighted by Crippen LogP contribution is 2.17. The molecule has 8 nitrogen and oxygen atoms in total. The molecule has 26 heavy (non-hydrogen) atoms. The van der Waals surface area contributed by atoms with Gasteiger partial charge in [0.25, 0.3) is 5.56 Å². The molecule has 0 aliphatic carbocycles. The Balaban J connectivity index is 2.13. The maximum Gasteiger partial charge on any atom is 0.333 e. The molecule has 0 saturated heterocycles. The minimum absolute atomic E-state index is 0.0709. The summed E-state index contributed by atoms with van der Waals surface area (Å²) in [5, 5.41) is 0.0808. The molecule has 0 atom stereocenters. The average molecular weight is 377 g/mol. The van der Waals surface area contributed by atoms with E-state index in [0.717, 1.165) is 14.7 Å². The van der Waals surface area contributed by atoms with Crippen molar-refractivity contribution in [3.8, 4) is 0 Å². The van der Waals surface area contributed by atoms with E-state index in [1.807, 2.05) is 30.3 Å². The number of esters is 1. The quantitative estimate of drug-likeness (QED) is 0.489. The lowest BCUT2D eigenvalue weighted by Crippen LogP contribution is -2.40. The molecule has 0 bridgehead atoms. The molecule has 0 saturated carbocycles. The lowest BCUT2D eigenvalue weighted by molar-refractivity contribution is -0.141. The summed E-state index contributed by atoms with van der Waals surface area (Å²) in [5.41, 5.74) is 0.152. The Hall–Kier alpha value is -2.87. The van der Waals surface area contributed by atoms with Crippen molar-refractivity contribution in [2.75, 3.05) is 7.11 Å². The van der Waals surface area contributed by atoms with Gasteiger partial charge in [-0.15, -0.1) is 0 Å². The Morgan fingerprint density at radius 1 is 1.19 bits per heavy atom. The zero-order chi connectivity index (χ0) is 18.8. The van der Waals surface area contributed by atoms with Gasteiger partial charge in [-0.3, -0.25) is 18.7 Å². The number of imidazole rings is 1. The largest absolute Gasteiger partial charge is 0.468 e. The summed E-state index contributed by atoms with van der Waals surface area (Å²) in [5.74, 6) is -0.623. The number of benzene rings is 1. The summed E-state index contributed by atoms with van der Waals surface area (Å²) in [7, 11) is 2.57. The van der Waals surface area contributed by atoms with E-state index in [1.54, 1.807) is 4.57 Å². The van der Waals surface area contributed by atoms with Crippen molar-refractivity contribution in [2.24, 2.45) is 7.05 Å². The molecular weight excluding hydrogens is 360 g/mol. The molecule has 1 aromatic carbocycles. The predicted octanol–water partition coefficient (Wildman–Crippen LogP) is 0.966. The van der Waals surface area contributed by atoms with Crippen molar-refractivity contribution in [3.05, 3.63) is 62.0 Å². The number of carbonyl (C=O) groups is 1. The SMILES string of the molecule is COC(=O)Cn1c(=O)n(C)c(=O)c2c1nc(Cl)n2CCc1ccccc1. The zero-order valence-electron chi connectivity index (χ0n) is 14.3. The average Bonchev–Trinajstić information content (AvgIpc) is 2.98. The molecule has 0 fully saturated rings. The van der Waals surface area contributed by atoms with E-state index in [4.69, 9.17) is 11.6 Å². The number of methoxy groups -OCH3 is 1. The van der Waals surface area contributed by atoms with E-state index < -0.39 is 17.2 Å². The Labute approximate surface area is 153 Å². The van der Waals surface area contributed by atoms with Crippen LogP contribution in [0.1, 0.15) is 5.56 Å². The van der Waals surface area contributed by atoms with E-state index in [-0.39, 0.29) is 23.0 Å². The van der Waals surface area contributed by atoms with E-state index in [0.29, 0.717) is 13.0 Å². The second-order valence-corrected chi connectivity index (χ2v) is 6.09. The van der Waals surface area contributed by atoms with Crippen molar-refractivity contribution >= 4 is 28.7 Å². The monoisotopic (exact) mass is 376 g/mol. The number of fused-ring (bicyclic) bond motifs is 1. The van der Waals surface area contributed by atoms with Crippen LogP contribution in [0.2, 0.25) is 5.28 Å². The lowest BCUT2D eigenvalue weighted by Gasteiger charge is -2.09. The van der Waals surface area contributed by atoms with Crippen molar-refractivity contribution < 1.29 is 9.53 Å². The molecule has 2 aromatic heterocycles. The van der Waals surface area contributed by atoms with Gasteiger partial charge in [0.15, 0.2) is 11.2 Å². The number of ether oxygens (including phenoxy) is 1. The molecule has 0 spiro atoms. The molecule has 136 valence electrons. The predicted molar refractivity (Wildman–Crippen MR) is 96.4 cm³/mol.